The zero-order valence-corrected chi connectivity index (χ0v) is 16.5. The van der Waals surface area contributed by atoms with E-state index in [2.05, 4.69) is 5.32 Å². The highest BCUT2D eigenvalue weighted by Gasteiger charge is 2.36. The summed E-state index contributed by atoms with van der Waals surface area (Å²) in [6, 6.07) is 11.3. The van der Waals surface area contributed by atoms with Gasteiger partial charge >= 0.3 is 0 Å². The van der Waals surface area contributed by atoms with Gasteiger partial charge in [-0.3, -0.25) is 9.59 Å². The standard InChI is InChI=1S/C21H23ClN2O3/c1-13-8-14(2)20(18(22)9-13)24-12-16(10-19(24)25)21(26)23-11-15-4-6-17(27-3)7-5-15/h4-9,16H,10-12H2,1-3H3,(H,23,26). The SMILES string of the molecule is COc1ccc(CNC(=O)C2CC(=O)N(c3c(C)cc(C)cc3Cl)C2)cc1. The first-order valence-corrected chi connectivity index (χ1v) is 9.24. The first-order chi connectivity index (χ1) is 12.9. The van der Waals surface area contributed by atoms with Gasteiger partial charge < -0.3 is 15.0 Å². The van der Waals surface area contributed by atoms with Gasteiger partial charge in [-0.2, -0.15) is 0 Å². The van der Waals surface area contributed by atoms with Crippen LogP contribution in [0.25, 0.3) is 0 Å². The molecule has 1 aliphatic rings. The number of amides is 2. The number of carbonyl (C=O) groups is 2. The molecule has 0 spiro atoms. The van der Waals surface area contributed by atoms with Crippen molar-refractivity contribution in [1.29, 1.82) is 0 Å². The summed E-state index contributed by atoms with van der Waals surface area (Å²) in [5, 5.41) is 3.46. The maximum atomic E-state index is 12.5. The molecule has 2 aromatic carbocycles. The van der Waals surface area contributed by atoms with Gasteiger partial charge in [0.05, 0.1) is 23.7 Å². The first-order valence-electron chi connectivity index (χ1n) is 8.86. The molecule has 0 aromatic heterocycles. The van der Waals surface area contributed by atoms with Crippen LogP contribution in [0, 0.1) is 19.8 Å². The minimum atomic E-state index is -0.382. The number of hydrogen-bond acceptors (Lipinski definition) is 3. The summed E-state index contributed by atoms with van der Waals surface area (Å²) in [7, 11) is 1.61. The van der Waals surface area contributed by atoms with E-state index in [0.717, 1.165) is 22.4 Å². The number of rotatable bonds is 5. The number of aryl methyl sites for hydroxylation is 2. The lowest BCUT2D eigenvalue weighted by Gasteiger charge is -2.21. The number of ether oxygens (including phenoxy) is 1. The van der Waals surface area contributed by atoms with Crippen LogP contribution >= 0.6 is 11.6 Å². The topological polar surface area (TPSA) is 58.6 Å². The molecule has 0 saturated carbocycles. The van der Waals surface area contributed by atoms with Gasteiger partial charge in [-0.15, -0.1) is 0 Å². The van der Waals surface area contributed by atoms with E-state index in [4.69, 9.17) is 16.3 Å². The van der Waals surface area contributed by atoms with E-state index in [1.54, 1.807) is 12.0 Å². The number of methoxy groups -OCH3 is 1. The highest BCUT2D eigenvalue weighted by Crippen LogP contribution is 2.35. The lowest BCUT2D eigenvalue weighted by molar-refractivity contribution is -0.126. The smallest absolute Gasteiger partial charge is 0.227 e. The molecular formula is C21H23ClN2O3. The molecular weight excluding hydrogens is 364 g/mol. The van der Waals surface area contributed by atoms with E-state index in [1.165, 1.54) is 0 Å². The molecule has 0 aliphatic carbocycles. The van der Waals surface area contributed by atoms with Crippen LogP contribution < -0.4 is 15.0 Å². The molecule has 1 N–H and O–H groups in total. The monoisotopic (exact) mass is 386 g/mol. The Hall–Kier alpha value is -2.53. The molecule has 142 valence electrons. The van der Waals surface area contributed by atoms with Crippen LogP contribution in [0.3, 0.4) is 0 Å². The van der Waals surface area contributed by atoms with Crippen LogP contribution in [0.15, 0.2) is 36.4 Å². The highest BCUT2D eigenvalue weighted by atomic mass is 35.5. The molecule has 1 unspecified atom stereocenters. The molecule has 1 saturated heterocycles. The van der Waals surface area contributed by atoms with Crippen LogP contribution in [0.5, 0.6) is 5.75 Å². The second-order valence-electron chi connectivity index (χ2n) is 6.88. The summed E-state index contributed by atoms with van der Waals surface area (Å²) in [5.41, 5.74) is 3.66. The number of benzene rings is 2. The number of nitrogens with zero attached hydrogens (tertiary/aromatic N) is 1. The Morgan fingerprint density at radius 3 is 2.59 bits per heavy atom. The number of nitrogens with one attached hydrogen (secondary N) is 1. The van der Waals surface area contributed by atoms with E-state index in [1.807, 2.05) is 50.2 Å². The van der Waals surface area contributed by atoms with Crippen molar-refractivity contribution in [3.63, 3.8) is 0 Å². The summed E-state index contributed by atoms with van der Waals surface area (Å²) < 4.78 is 5.13. The third-order valence-corrected chi connectivity index (χ3v) is 5.08. The fourth-order valence-corrected chi connectivity index (χ4v) is 3.85. The summed E-state index contributed by atoms with van der Waals surface area (Å²) in [6.07, 6.45) is 0.193. The lowest BCUT2D eigenvalue weighted by Crippen LogP contribution is -2.32. The van der Waals surface area contributed by atoms with Crippen molar-refractivity contribution in [2.45, 2.75) is 26.8 Å². The summed E-state index contributed by atoms with van der Waals surface area (Å²) >= 11 is 6.37. The largest absolute Gasteiger partial charge is 0.497 e. The molecule has 0 radical (unpaired) electrons. The van der Waals surface area contributed by atoms with Crippen molar-refractivity contribution in [3.05, 3.63) is 58.1 Å². The average Bonchev–Trinajstić information content (AvgIpc) is 3.01. The van der Waals surface area contributed by atoms with E-state index < -0.39 is 0 Å². The van der Waals surface area contributed by atoms with E-state index in [-0.39, 0.29) is 24.2 Å². The van der Waals surface area contributed by atoms with Crippen molar-refractivity contribution >= 4 is 29.1 Å². The maximum Gasteiger partial charge on any atom is 0.227 e. The molecule has 1 fully saturated rings. The Bertz CT molecular complexity index is 841. The highest BCUT2D eigenvalue weighted by molar-refractivity contribution is 6.34. The summed E-state index contributed by atoms with van der Waals surface area (Å²) in [4.78, 5) is 26.7. The average molecular weight is 387 g/mol. The van der Waals surface area contributed by atoms with Crippen molar-refractivity contribution in [2.75, 3.05) is 18.6 Å². The number of carbonyl (C=O) groups excluding carboxylic acids is 2. The lowest BCUT2D eigenvalue weighted by atomic mass is 10.1. The van der Waals surface area contributed by atoms with Gasteiger partial charge in [0, 0.05) is 19.5 Å². The van der Waals surface area contributed by atoms with Crippen LogP contribution in [0.1, 0.15) is 23.1 Å². The Labute approximate surface area is 164 Å². The molecule has 0 bridgehead atoms. The summed E-state index contributed by atoms with van der Waals surface area (Å²) in [5.74, 6) is 0.191. The molecule has 1 aliphatic heterocycles. The van der Waals surface area contributed by atoms with Crippen molar-refractivity contribution in [2.24, 2.45) is 5.92 Å². The second-order valence-corrected chi connectivity index (χ2v) is 7.29. The van der Waals surface area contributed by atoms with Crippen LogP contribution in [0.2, 0.25) is 5.02 Å². The predicted molar refractivity (Wildman–Crippen MR) is 106 cm³/mol. The molecule has 3 rings (SSSR count). The zero-order chi connectivity index (χ0) is 19.6. The fourth-order valence-electron chi connectivity index (χ4n) is 3.43. The van der Waals surface area contributed by atoms with Gasteiger partial charge in [0.25, 0.3) is 0 Å². The second kappa shape index (κ2) is 8.01. The predicted octanol–water partition coefficient (Wildman–Crippen LogP) is 3.63. The van der Waals surface area contributed by atoms with E-state index in [9.17, 15) is 9.59 Å². The van der Waals surface area contributed by atoms with Gasteiger partial charge in [0.1, 0.15) is 5.75 Å². The van der Waals surface area contributed by atoms with Gasteiger partial charge in [-0.1, -0.05) is 29.8 Å². The van der Waals surface area contributed by atoms with Crippen LogP contribution in [-0.2, 0) is 16.1 Å². The third-order valence-electron chi connectivity index (χ3n) is 4.79. The Morgan fingerprint density at radius 2 is 1.96 bits per heavy atom. The molecule has 2 aromatic rings. The van der Waals surface area contributed by atoms with Gasteiger partial charge in [0.15, 0.2) is 0 Å². The Morgan fingerprint density at radius 1 is 1.26 bits per heavy atom. The maximum absolute atomic E-state index is 12.5. The quantitative estimate of drug-likeness (QED) is 0.853. The molecule has 1 heterocycles. The number of halogens is 1. The van der Waals surface area contributed by atoms with Gasteiger partial charge in [-0.05, 0) is 48.7 Å². The molecule has 5 nitrogen and oxygen atoms in total. The Balaban J connectivity index is 1.65. The molecule has 1 atom stereocenters. The van der Waals surface area contributed by atoms with Gasteiger partial charge in [0.2, 0.25) is 11.8 Å². The van der Waals surface area contributed by atoms with Crippen LogP contribution in [-0.4, -0.2) is 25.5 Å². The van der Waals surface area contributed by atoms with E-state index >= 15 is 0 Å². The van der Waals surface area contributed by atoms with Gasteiger partial charge in [-0.25, -0.2) is 0 Å². The summed E-state index contributed by atoms with van der Waals surface area (Å²) in [6.45, 7) is 4.65. The normalized spacial score (nSPS) is 16.5. The molecule has 6 heteroatoms. The third kappa shape index (κ3) is 4.25. The van der Waals surface area contributed by atoms with Crippen LogP contribution in [0.4, 0.5) is 5.69 Å². The Kier molecular flexibility index (Phi) is 5.71. The van der Waals surface area contributed by atoms with Crippen molar-refractivity contribution < 1.29 is 14.3 Å². The minimum Gasteiger partial charge on any atom is -0.497 e. The molecule has 27 heavy (non-hydrogen) atoms. The van der Waals surface area contributed by atoms with Crippen molar-refractivity contribution in [3.8, 4) is 5.75 Å². The first kappa shape index (κ1) is 19.2. The zero-order valence-electron chi connectivity index (χ0n) is 15.7. The fraction of sp³-hybridized carbons (Fsp3) is 0.333. The van der Waals surface area contributed by atoms with Crippen molar-refractivity contribution in [1.82, 2.24) is 5.32 Å². The molecule has 2 amide bonds. The minimum absolute atomic E-state index is 0.0755. The van der Waals surface area contributed by atoms with E-state index in [0.29, 0.717) is 23.8 Å². The number of anilines is 1. The number of hydrogen-bond donors (Lipinski definition) is 1.